The van der Waals surface area contributed by atoms with Crippen LogP contribution in [0.25, 0.3) is 0 Å². The first-order valence-electron chi connectivity index (χ1n) is 21.8. The zero-order valence-electron chi connectivity index (χ0n) is 36.8. The van der Waals surface area contributed by atoms with Crippen molar-refractivity contribution in [1.82, 2.24) is 41.7 Å². The average molecular weight is 967 g/mol. The molecule has 0 aromatic heterocycles. The van der Waals surface area contributed by atoms with E-state index in [1.54, 1.807) is 0 Å². The Morgan fingerprint density at radius 1 is 0.687 bits per heavy atom. The van der Waals surface area contributed by atoms with Crippen molar-refractivity contribution in [2.24, 2.45) is 11.5 Å². The number of carbonyl (C=O) groups excluding carboxylic acids is 8. The van der Waals surface area contributed by atoms with Crippen molar-refractivity contribution in [2.45, 2.75) is 113 Å². The maximum Gasteiger partial charge on any atom is 0.326 e. The largest absolute Gasteiger partial charge is 0.508 e. The fourth-order valence-electron chi connectivity index (χ4n) is 7.40. The van der Waals surface area contributed by atoms with Crippen molar-refractivity contribution in [1.29, 1.82) is 0 Å². The van der Waals surface area contributed by atoms with Crippen molar-refractivity contribution >= 4 is 71.8 Å². The summed E-state index contributed by atoms with van der Waals surface area (Å²) in [7, 11) is 0. The molecule has 1 aromatic carbocycles. The maximum absolute atomic E-state index is 13.8. The molecule has 0 radical (unpaired) electrons. The van der Waals surface area contributed by atoms with Gasteiger partial charge in [0.15, 0.2) is 0 Å². The van der Waals surface area contributed by atoms with Crippen LogP contribution in [0.1, 0.15) is 63.4 Å². The van der Waals surface area contributed by atoms with Gasteiger partial charge in [-0.2, -0.15) is 12.6 Å². The second-order valence-corrected chi connectivity index (χ2v) is 16.4. The molecule has 1 aromatic rings. The van der Waals surface area contributed by atoms with Gasteiger partial charge in [-0.05, 0) is 75.6 Å². The van der Waals surface area contributed by atoms with E-state index in [4.69, 9.17) is 16.6 Å². The van der Waals surface area contributed by atoms with Crippen molar-refractivity contribution in [3.05, 3.63) is 29.8 Å². The molecule has 372 valence electrons. The van der Waals surface area contributed by atoms with Crippen molar-refractivity contribution in [3.63, 3.8) is 0 Å². The Kier molecular flexibility index (Phi) is 22.7. The third kappa shape index (κ3) is 16.9. The Morgan fingerprint density at radius 3 is 1.82 bits per heavy atom. The van der Waals surface area contributed by atoms with Gasteiger partial charge in [-0.1, -0.05) is 12.1 Å². The molecule has 0 bridgehead atoms. The number of aromatic hydroxyl groups is 1. The minimum atomic E-state index is -1.60. The highest BCUT2D eigenvalue weighted by Crippen LogP contribution is 2.20. The molecule has 3 rings (SSSR count). The Bertz CT molecular complexity index is 1930. The molecule has 2 aliphatic rings. The first kappa shape index (κ1) is 55.2. The van der Waals surface area contributed by atoms with E-state index in [9.17, 15) is 68.4 Å². The summed E-state index contributed by atoms with van der Waals surface area (Å²) < 4.78 is 0. The topological polar surface area (TPSA) is 403 Å². The number of aliphatic carboxylic acids is 2. The fraction of sp³-hybridized carbons (Fsp3) is 0.610. The lowest BCUT2D eigenvalue weighted by Gasteiger charge is -2.29. The molecule has 0 aliphatic carbocycles. The zero-order chi connectivity index (χ0) is 49.8. The van der Waals surface area contributed by atoms with E-state index < -0.39 is 134 Å². The van der Waals surface area contributed by atoms with Gasteiger partial charge in [0, 0.05) is 31.7 Å². The van der Waals surface area contributed by atoms with Crippen LogP contribution in [0.15, 0.2) is 24.3 Å². The number of phenols is 1. The smallest absolute Gasteiger partial charge is 0.326 e. The molecule has 0 unspecified atom stereocenters. The number of phenolic OH excluding ortho intramolecular Hbond substituents is 1. The van der Waals surface area contributed by atoms with Crippen LogP contribution in [-0.4, -0.2) is 188 Å². The molecule has 26 heteroatoms. The molecule has 0 saturated carbocycles. The van der Waals surface area contributed by atoms with E-state index in [-0.39, 0.29) is 63.2 Å². The summed E-state index contributed by atoms with van der Waals surface area (Å²) in [5.74, 6) is -9.59. The number of rotatable bonds is 27. The Morgan fingerprint density at radius 2 is 1.24 bits per heavy atom. The van der Waals surface area contributed by atoms with Crippen LogP contribution in [0.3, 0.4) is 0 Å². The molecule has 2 saturated heterocycles. The van der Waals surface area contributed by atoms with Gasteiger partial charge in [0.05, 0.1) is 25.8 Å². The number of hydrogen-bond donors (Lipinski definition) is 14. The number of aliphatic hydroxyl groups excluding tert-OH is 2. The van der Waals surface area contributed by atoms with Crippen molar-refractivity contribution in [3.8, 4) is 5.75 Å². The number of likely N-dealkylation sites (tertiary alicyclic amines) is 2. The number of carbonyl (C=O) groups is 10. The summed E-state index contributed by atoms with van der Waals surface area (Å²) in [6.45, 7) is -2.04. The summed E-state index contributed by atoms with van der Waals surface area (Å²) in [5, 5.41) is 62.6. The van der Waals surface area contributed by atoms with E-state index >= 15 is 0 Å². The molecular weight excluding hydrogens is 905 g/mol. The minimum absolute atomic E-state index is 0.0120. The van der Waals surface area contributed by atoms with Crippen LogP contribution in [0.2, 0.25) is 0 Å². The molecule has 67 heavy (non-hydrogen) atoms. The van der Waals surface area contributed by atoms with Crippen molar-refractivity contribution in [2.75, 3.05) is 45.1 Å². The van der Waals surface area contributed by atoms with Crippen LogP contribution in [0.5, 0.6) is 5.75 Å². The normalized spacial score (nSPS) is 18.3. The third-order valence-corrected chi connectivity index (χ3v) is 11.5. The predicted octanol–water partition coefficient (Wildman–Crippen LogP) is -5.22. The number of thiol groups is 1. The molecule has 8 amide bonds. The number of amides is 8. The van der Waals surface area contributed by atoms with E-state index in [2.05, 4.69) is 44.5 Å². The molecule has 2 aliphatic heterocycles. The average Bonchev–Trinajstić information content (AvgIpc) is 4.01. The molecule has 0 spiro atoms. The second kappa shape index (κ2) is 27.5. The molecule has 25 nitrogen and oxygen atoms in total. The summed E-state index contributed by atoms with van der Waals surface area (Å²) >= 11 is 4.12. The first-order valence-corrected chi connectivity index (χ1v) is 22.4. The van der Waals surface area contributed by atoms with E-state index in [0.29, 0.717) is 31.2 Å². The van der Waals surface area contributed by atoms with Gasteiger partial charge in [-0.3, -0.25) is 43.2 Å². The number of unbranched alkanes of at least 4 members (excludes halogenated alkanes) is 1. The summed E-state index contributed by atoms with van der Waals surface area (Å²) in [6.07, 6.45) is 1.00. The molecule has 15 N–H and O–H groups in total. The van der Waals surface area contributed by atoms with E-state index in [0.717, 1.165) is 9.80 Å². The second-order valence-electron chi connectivity index (χ2n) is 16.0. The number of aliphatic hydroxyl groups is 2. The molecule has 8 atom stereocenters. The number of nitrogens with two attached hydrogens (primary N) is 2. The lowest BCUT2D eigenvalue weighted by molar-refractivity contribution is -0.149. The van der Waals surface area contributed by atoms with Crippen LogP contribution in [-0.2, 0) is 54.4 Å². The third-order valence-electron chi connectivity index (χ3n) is 11.1. The van der Waals surface area contributed by atoms with E-state index in [1.807, 2.05) is 0 Å². The van der Waals surface area contributed by atoms with Crippen LogP contribution < -0.4 is 43.4 Å². The summed E-state index contributed by atoms with van der Waals surface area (Å²) in [6, 6.07) is -5.12. The first-order chi connectivity index (χ1) is 31.8. The van der Waals surface area contributed by atoms with Gasteiger partial charge in [-0.25, -0.2) is 4.79 Å². The standard InChI is InChI=1S/C41H62N10O15S/c42-14-2-1-5-25(45-37(61)27(19-52)47-34(58)24(43)12-13-33(56)57)36(60)46-26(17-22-8-10-23(54)11-9-22)35(59)44-18-32(55)50-15-3-6-30(50)39(63)48-28(20-53)38(62)49-29(21-67)40(64)51-16-4-7-31(51)41(65)66/h8-11,24-31,52-54,67H,1-7,12-21,42-43H2,(H,44,59)(H,45,61)(H,46,60)(H,47,58)(H,48,63)(H,49,62)(H,56,57)(H,65,66)/t24-,25-,26-,27-,28-,29-,30-,31-/m0/s1. The van der Waals surface area contributed by atoms with Gasteiger partial charge >= 0.3 is 11.9 Å². The fourth-order valence-corrected chi connectivity index (χ4v) is 7.65. The number of benzene rings is 1. The van der Waals surface area contributed by atoms with Crippen LogP contribution in [0.4, 0.5) is 0 Å². The van der Waals surface area contributed by atoms with Crippen molar-refractivity contribution < 1.29 is 73.5 Å². The van der Waals surface area contributed by atoms with Gasteiger partial charge in [-0.15, -0.1) is 0 Å². The number of nitrogens with zero attached hydrogens (tertiary/aromatic N) is 2. The predicted molar refractivity (Wildman–Crippen MR) is 237 cm³/mol. The van der Waals surface area contributed by atoms with Crippen LogP contribution >= 0.6 is 12.6 Å². The highest BCUT2D eigenvalue weighted by atomic mass is 32.1. The van der Waals surface area contributed by atoms with Gasteiger partial charge in [0.2, 0.25) is 47.3 Å². The zero-order valence-corrected chi connectivity index (χ0v) is 37.7. The molecule has 2 heterocycles. The molecular formula is C41H62N10O15S. The van der Waals surface area contributed by atoms with Gasteiger partial charge in [0.25, 0.3) is 0 Å². The Labute approximate surface area is 390 Å². The van der Waals surface area contributed by atoms with Gasteiger partial charge in [0.1, 0.15) is 48.0 Å². The number of carboxylic acids is 2. The van der Waals surface area contributed by atoms with Crippen LogP contribution in [0, 0.1) is 0 Å². The SMILES string of the molecule is NCCCC[C@H](NC(=O)[C@H](CO)NC(=O)[C@@H](N)CCC(=O)O)C(=O)N[C@@H](Cc1ccc(O)cc1)C(=O)NCC(=O)N1CCC[C@H]1C(=O)N[C@@H](CO)C(=O)N[C@@H](CS)C(=O)N1CCC[C@H]1C(=O)O. The highest BCUT2D eigenvalue weighted by molar-refractivity contribution is 7.80. The quantitative estimate of drug-likeness (QED) is 0.0289. The molecule has 2 fully saturated rings. The lowest BCUT2D eigenvalue weighted by atomic mass is 10.0. The summed E-state index contributed by atoms with van der Waals surface area (Å²) in [4.78, 5) is 132. The number of nitrogens with one attached hydrogen (secondary N) is 6. The minimum Gasteiger partial charge on any atom is -0.508 e. The van der Waals surface area contributed by atoms with Gasteiger partial charge < -0.3 is 78.7 Å². The Hall–Kier alpha value is -6.09. The van der Waals surface area contributed by atoms with E-state index in [1.165, 1.54) is 24.3 Å². The monoisotopic (exact) mass is 966 g/mol. The lowest BCUT2D eigenvalue weighted by Crippen LogP contribution is -2.59. The maximum atomic E-state index is 13.8. The highest BCUT2D eigenvalue weighted by Gasteiger charge is 2.40. The summed E-state index contributed by atoms with van der Waals surface area (Å²) in [5.41, 5.74) is 11.8. The Balaban J connectivity index is 1.71. The number of hydrogen-bond acceptors (Lipinski definition) is 16. The number of carboxylic acid groups (broad SMARTS) is 2.